The zero-order chi connectivity index (χ0) is 13.7. The minimum atomic E-state index is -1.12. The van der Waals surface area contributed by atoms with Crippen LogP contribution in [0.1, 0.15) is 47.0 Å². The molecule has 1 atom stereocenters. The van der Waals surface area contributed by atoms with Gasteiger partial charge in [0.05, 0.1) is 22.7 Å². The van der Waals surface area contributed by atoms with Gasteiger partial charge in [-0.05, 0) is 40.5 Å². The van der Waals surface area contributed by atoms with Gasteiger partial charge in [0, 0.05) is 19.6 Å². The minimum absolute atomic E-state index is 0.402. The molecule has 2 heterocycles. The summed E-state index contributed by atoms with van der Waals surface area (Å²) < 4.78 is 11.3. The highest BCUT2D eigenvalue weighted by molar-refractivity contribution is 5.22. The number of hydrogen-bond donors (Lipinski definition) is 1. The second kappa shape index (κ2) is 3.93. The molecule has 1 unspecified atom stereocenters. The summed E-state index contributed by atoms with van der Waals surface area (Å²) in [5, 5.41) is 20.9. The molecule has 4 heteroatoms. The Kier molecular flexibility index (Phi) is 3.01. The Morgan fingerprint density at radius 1 is 1.11 bits per heavy atom. The first kappa shape index (κ1) is 13.8. The van der Waals surface area contributed by atoms with Crippen molar-refractivity contribution in [1.82, 2.24) is 0 Å². The second-order valence-corrected chi connectivity index (χ2v) is 6.72. The number of aliphatic hydroxyl groups is 1. The highest BCUT2D eigenvalue weighted by Gasteiger charge is 2.66. The van der Waals surface area contributed by atoms with Gasteiger partial charge in [-0.1, -0.05) is 0 Å². The van der Waals surface area contributed by atoms with Crippen molar-refractivity contribution >= 4 is 0 Å². The van der Waals surface area contributed by atoms with Crippen molar-refractivity contribution in [1.29, 1.82) is 5.26 Å². The van der Waals surface area contributed by atoms with Crippen molar-refractivity contribution in [2.24, 2.45) is 5.41 Å². The highest BCUT2D eigenvalue weighted by atomic mass is 16.6. The smallest absolute Gasteiger partial charge is 0.114 e. The molecule has 0 aliphatic carbocycles. The molecule has 102 valence electrons. The van der Waals surface area contributed by atoms with Crippen LogP contribution in [-0.2, 0) is 9.47 Å². The molecule has 0 saturated carbocycles. The molecule has 18 heavy (non-hydrogen) atoms. The highest BCUT2D eigenvalue weighted by Crippen LogP contribution is 2.56. The van der Waals surface area contributed by atoms with Gasteiger partial charge in [0.15, 0.2) is 0 Å². The number of ether oxygens (including phenoxy) is 2. The molecule has 0 bridgehead atoms. The molecule has 2 fully saturated rings. The van der Waals surface area contributed by atoms with E-state index in [4.69, 9.17) is 9.47 Å². The molecule has 0 spiro atoms. The standard InChI is InChI=1S/C14H23NO3/c1-11(2)9-14(16,12(3,4)18-11)13(10-15)5-7-17-8-6-13/h16H,5-9H2,1-4H3. The molecule has 2 saturated heterocycles. The van der Waals surface area contributed by atoms with Crippen LogP contribution in [0, 0.1) is 16.7 Å². The fourth-order valence-electron chi connectivity index (χ4n) is 3.72. The van der Waals surface area contributed by atoms with Gasteiger partial charge in [-0.25, -0.2) is 0 Å². The van der Waals surface area contributed by atoms with Gasteiger partial charge in [-0.15, -0.1) is 0 Å². The van der Waals surface area contributed by atoms with Crippen molar-refractivity contribution in [2.75, 3.05) is 13.2 Å². The largest absolute Gasteiger partial charge is 0.385 e. The van der Waals surface area contributed by atoms with Gasteiger partial charge >= 0.3 is 0 Å². The van der Waals surface area contributed by atoms with Crippen molar-refractivity contribution < 1.29 is 14.6 Å². The average Bonchev–Trinajstić information content (AvgIpc) is 2.44. The Bertz CT molecular complexity index is 377. The van der Waals surface area contributed by atoms with E-state index in [2.05, 4.69) is 6.07 Å². The van der Waals surface area contributed by atoms with Crippen molar-refractivity contribution in [3.63, 3.8) is 0 Å². The fraction of sp³-hybridized carbons (Fsp3) is 0.929. The summed E-state index contributed by atoms with van der Waals surface area (Å²) in [6, 6.07) is 2.38. The van der Waals surface area contributed by atoms with Gasteiger partial charge in [0.2, 0.25) is 0 Å². The summed E-state index contributed by atoms with van der Waals surface area (Å²) in [5.74, 6) is 0. The minimum Gasteiger partial charge on any atom is -0.385 e. The van der Waals surface area contributed by atoms with Gasteiger partial charge in [0.25, 0.3) is 0 Å². The molecular weight excluding hydrogens is 230 g/mol. The maximum atomic E-state index is 11.2. The average molecular weight is 253 g/mol. The van der Waals surface area contributed by atoms with Crippen LogP contribution in [0.4, 0.5) is 0 Å². The van der Waals surface area contributed by atoms with Crippen LogP contribution in [0.25, 0.3) is 0 Å². The van der Waals surface area contributed by atoms with Crippen LogP contribution in [0.15, 0.2) is 0 Å². The number of rotatable bonds is 1. The van der Waals surface area contributed by atoms with Crippen molar-refractivity contribution in [3.05, 3.63) is 0 Å². The zero-order valence-corrected chi connectivity index (χ0v) is 11.7. The number of nitriles is 1. The molecule has 2 aliphatic heterocycles. The molecule has 2 rings (SSSR count). The number of hydrogen-bond acceptors (Lipinski definition) is 4. The SMILES string of the molecule is CC1(C)CC(O)(C2(C#N)CCOCC2)C(C)(C)O1. The maximum absolute atomic E-state index is 11.2. The summed E-state index contributed by atoms with van der Waals surface area (Å²) in [5.41, 5.74) is -3.01. The molecule has 0 aromatic carbocycles. The lowest BCUT2D eigenvalue weighted by molar-refractivity contribution is -0.181. The lowest BCUT2D eigenvalue weighted by atomic mass is 9.60. The predicted octanol–water partition coefficient (Wildman–Crippen LogP) is 2.02. The van der Waals surface area contributed by atoms with E-state index in [0.29, 0.717) is 32.5 Å². The quantitative estimate of drug-likeness (QED) is 0.776. The van der Waals surface area contributed by atoms with Crippen molar-refractivity contribution in [2.45, 2.75) is 63.8 Å². The van der Waals surface area contributed by atoms with E-state index in [1.54, 1.807) is 0 Å². The van der Waals surface area contributed by atoms with E-state index >= 15 is 0 Å². The summed E-state index contributed by atoms with van der Waals surface area (Å²) >= 11 is 0. The molecule has 0 amide bonds. The molecule has 4 nitrogen and oxygen atoms in total. The Morgan fingerprint density at radius 2 is 1.67 bits per heavy atom. The van der Waals surface area contributed by atoms with E-state index < -0.39 is 22.2 Å². The predicted molar refractivity (Wildman–Crippen MR) is 66.9 cm³/mol. The van der Waals surface area contributed by atoms with Gasteiger partial charge < -0.3 is 14.6 Å². The Morgan fingerprint density at radius 3 is 2.06 bits per heavy atom. The summed E-state index contributed by atoms with van der Waals surface area (Å²) in [6.45, 7) is 8.78. The van der Waals surface area contributed by atoms with Gasteiger partial charge in [-0.3, -0.25) is 0 Å². The zero-order valence-electron chi connectivity index (χ0n) is 11.7. The Labute approximate surface area is 109 Å². The van der Waals surface area contributed by atoms with Crippen LogP contribution < -0.4 is 0 Å². The van der Waals surface area contributed by atoms with E-state index in [1.165, 1.54) is 0 Å². The maximum Gasteiger partial charge on any atom is 0.114 e. The van der Waals surface area contributed by atoms with E-state index in [9.17, 15) is 10.4 Å². The molecule has 0 aromatic heterocycles. The monoisotopic (exact) mass is 253 g/mol. The molecule has 1 N–H and O–H groups in total. The molecule has 0 aromatic rings. The second-order valence-electron chi connectivity index (χ2n) is 6.72. The first-order valence-electron chi connectivity index (χ1n) is 6.60. The van der Waals surface area contributed by atoms with Crippen LogP contribution >= 0.6 is 0 Å². The third-order valence-corrected chi connectivity index (χ3v) is 4.56. The normalized spacial score (nSPS) is 37.1. The Hall–Kier alpha value is -0.630. The third kappa shape index (κ3) is 1.77. The molecular formula is C14H23NO3. The topological polar surface area (TPSA) is 62.5 Å². The van der Waals surface area contributed by atoms with Gasteiger partial charge in [0.1, 0.15) is 5.60 Å². The van der Waals surface area contributed by atoms with E-state index in [1.807, 2.05) is 27.7 Å². The molecule has 0 radical (unpaired) electrons. The van der Waals surface area contributed by atoms with Crippen LogP contribution in [-0.4, -0.2) is 35.1 Å². The third-order valence-electron chi connectivity index (χ3n) is 4.56. The van der Waals surface area contributed by atoms with E-state index in [0.717, 1.165) is 0 Å². The summed E-state index contributed by atoms with van der Waals surface area (Å²) in [4.78, 5) is 0. The fourth-order valence-corrected chi connectivity index (χ4v) is 3.72. The van der Waals surface area contributed by atoms with Crippen molar-refractivity contribution in [3.8, 4) is 6.07 Å². The van der Waals surface area contributed by atoms with Crippen LogP contribution in [0.5, 0.6) is 0 Å². The number of nitrogens with zero attached hydrogens (tertiary/aromatic N) is 1. The first-order valence-corrected chi connectivity index (χ1v) is 6.60. The van der Waals surface area contributed by atoms with E-state index in [-0.39, 0.29) is 0 Å². The summed E-state index contributed by atoms with van der Waals surface area (Å²) in [7, 11) is 0. The van der Waals surface area contributed by atoms with Crippen LogP contribution in [0.2, 0.25) is 0 Å². The van der Waals surface area contributed by atoms with Crippen LogP contribution in [0.3, 0.4) is 0 Å². The lowest BCUT2D eigenvalue weighted by Gasteiger charge is -2.48. The summed E-state index contributed by atoms with van der Waals surface area (Å²) in [6.07, 6.45) is 1.63. The lowest BCUT2D eigenvalue weighted by Crippen LogP contribution is -2.60. The van der Waals surface area contributed by atoms with Gasteiger partial charge in [-0.2, -0.15) is 5.26 Å². The molecule has 2 aliphatic rings. The first-order chi connectivity index (χ1) is 8.18. The Balaban J connectivity index is 2.43.